The molecule has 0 bridgehead atoms. The summed E-state index contributed by atoms with van der Waals surface area (Å²) in [4.78, 5) is 0. The molecular weight excluding hydrogens is 198 g/mol. The Morgan fingerprint density at radius 1 is 1.38 bits per heavy atom. The van der Waals surface area contributed by atoms with E-state index in [1.54, 1.807) is 0 Å². The summed E-state index contributed by atoms with van der Waals surface area (Å²) in [5.41, 5.74) is 1.42. The van der Waals surface area contributed by atoms with Crippen LogP contribution in [-0.4, -0.2) is 26.3 Å². The van der Waals surface area contributed by atoms with Crippen LogP contribution in [0.5, 0.6) is 0 Å². The Morgan fingerprint density at radius 3 is 2.81 bits per heavy atom. The lowest BCUT2D eigenvalue weighted by atomic mass is 9.95. The van der Waals surface area contributed by atoms with Gasteiger partial charge in [-0.25, -0.2) is 0 Å². The molecule has 1 aliphatic heterocycles. The van der Waals surface area contributed by atoms with Gasteiger partial charge in [-0.05, 0) is 37.8 Å². The minimum absolute atomic E-state index is 0.578. The summed E-state index contributed by atoms with van der Waals surface area (Å²) in [6.07, 6.45) is 3.58. The third-order valence-corrected chi connectivity index (χ3v) is 3.38. The highest BCUT2D eigenvalue weighted by Crippen LogP contribution is 2.19. The van der Waals surface area contributed by atoms with Crippen molar-refractivity contribution in [1.29, 1.82) is 0 Å². The zero-order valence-corrected chi connectivity index (χ0v) is 9.99. The van der Waals surface area contributed by atoms with E-state index < -0.39 is 0 Å². The molecule has 0 aromatic heterocycles. The van der Waals surface area contributed by atoms with Gasteiger partial charge in [0.2, 0.25) is 0 Å². The molecule has 1 aromatic carbocycles. The first-order chi connectivity index (χ1) is 7.88. The first-order valence-corrected chi connectivity index (χ1v) is 6.17. The van der Waals surface area contributed by atoms with Crippen molar-refractivity contribution >= 4 is 0 Å². The fourth-order valence-electron chi connectivity index (χ4n) is 2.37. The Hall–Kier alpha value is -0.860. The molecule has 1 saturated heterocycles. The standard InChI is InChI=1S/C14H21NO/c1-15-14(10-13-7-8-16-11-13)9-12-5-3-2-4-6-12/h2-6,13-15H,7-11H2,1H3. The first kappa shape index (κ1) is 11.6. The van der Waals surface area contributed by atoms with Gasteiger partial charge in [0.25, 0.3) is 0 Å². The number of hydrogen-bond acceptors (Lipinski definition) is 2. The fraction of sp³-hybridized carbons (Fsp3) is 0.571. The highest BCUT2D eigenvalue weighted by atomic mass is 16.5. The van der Waals surface area contributed by atoms with E-state index in [-0.39, 0.29) is 0 Å². The van der Waals surface area contributed by atoms with Gasteiger partial charge in [-0.1, -0.05) is 30.3 Å². The molecule has 1 aromatic rings. The van der Waals surface area contributed by atoms with Gasteiger partial charge in [0.1, 0.15) is 0 Å². The van der Waals surface area contributed by atoms with Gasteiger partial charge < -0.3 is 10.1 Å². The zero-order valence-electron chi connectivity index (χ0n) is 9.99. The van der Waals surface area contributed by atoms with Crippen molar-refractivity contribution in [3.05, 3.63) is 35.9 Å². The molecule has 1 fully saturated rings. The Morgan fingerprint density at radius 2 is 2.19 bits per heavy atom. The third kappa shape index (κ3) is 3.32. The van der Waals surface area contributed by atoms with Crippen molar-refractivity contribution < 1.29 is 4.74 Å². The molecule has 1 aliphatic rings. The van der Waals surface area contributed by atoms with Crippen LogP contribution < -0.4 is 5.32 Å². The van der Waals surface area contributed by atoms with E-state index in [0.717, 1.165) is 25.6 Å². The minimum Gasteiger partial charge on any atom is -0.381 e. The average molecular weight is 219 g/mol. The van der Waals surface area contributed by atoms with Gasteiger partial charge in [0.05, 0.1) is 0 Å². The molecule has 1 heterocycles. The quantitative estimate of drug-likeness (QED) is 0.820. The van der Waals surface area contributed by atoms with Gasteiger partial charge in [0.15, 0.2) is 0 Å². The summed E-state index contributed by atoms with van der Waals surface area (Å²) in [7, 11) is 2.06. The number of rotatable bonds is 5. The summed E-state index contributed by atoms with van der Waals surface area (Å²) in [6.45, 7) is 1.90. The van der Waals surface area contributed by atoms with Gasteiger partial charge in [0, 0.05) is 19.3 Å². The van der Waals surface area contributed by atoms with Crippen LogP contribution in [0.3, 0.4) is 0 Å². The summed E-state index contributed by atoms with van der Waals surface area (Å²) < 4.78 is 5.42. The predicted octanol–water partition coefficient (Wildman–Crippen LogP) is 2.24. The highest BCUT2D eigenvalue weighted by Gasteiger charge is 2.19. The van der Waals surface area contributed by atoms with E-state index in [1.165, 1.54) is 18.4 Å². The number of ether oxygens (including phenoxy) is 1. The molecule has 0 radical (unpaired) electrons. The van der Waals surface area contributed by atoms with E-state index in [0.29, 0.717) is 6.04 Å². The smallest absolute Gasteiger partial charge is 0.0495 e. The van der Waals surface area contributed by atoms with E-state index in [1.807, 2.05) is 0 Å². The lowest BCUT2D eigenvalue weighted by Crippen LogP contribution is -2.30. The second-order valence-electron chi connectivity index (χ2n) is 4.64. The Bertz CT molecular complexity index is 293. The largest absolute Gasteiger partial charge is 0.381 e. The van der Waals surface area contributed by atoms with Gasteiger partial charge in [-0.2, -0.15) is 0 Å². The Balaban J connectivity index is 1.85. The van der Waals surface area contributed by atoms with Gasteiger partial charge in [-0.3, -0.25) is 0 Å². The molecule has 2 heteroatoms. The highest BCUT2D eigenvalue weighted by molar-refractivity contribution is 5.15. The van der Waals surface area contributed by atoms with Crippen LogP contribution in [0, 0.1) is 5.92 Å². The van der Waals surface area contributed by atoms with Crippen molar-refractivity contribution in [1.82, 2.24) is 5.32 Å². The van der Waals surface area contributed by atoms with Crippen LogP contribution in [0.25, 0.3) is 0 Å². The lowest BCUT2D eigenvalue weighted by Gasteiger charge is -2.19. The Labute approximate surface area is 98.0 Å². The molecular formula is C14H21NO. The summed E-state index contributed by atoms with van der Waals surface area (Å²) >= 11 is 0. The second-order valence-corrected chi connectivity index (χ2v) is 4.64. The van der Waals surface area contributed by atoms with Crippen molar-refractivity contribution in [2.24, 2.45) is 5.92 Å². The first-order valence-electron chi connectivity index (χ1n) is 6.17. The van der Waals surface area contributed by atoms with Crippen LogP contribution in [0.1, 0.15) is 18.4 Å². The van der Waals surface area contributed by atoms with Crippen LogP contribution >= 0.6 is 0 Å². The Kier molecular flexibility index (Phi) is 4.37. The molecule has 2 atom stereocenters. The minimum atomic E-state index is 0.578. The molecule has 2 rings (SSSR count). The number of likely N-dealkylation sites (N-methyl/N-ethyl adjacent to an activating group) is 1. The van der Waals surface area contributed by atoms with Crippen molar-refractivity contribution in [2.75, 3.05) is 20.3 Å². The SMILES string of the molecule is CNC(Cc1ccccc1)CC1CCOC1. The van der Waals surface area contributed by atoms with E-state index in [4.69, 9.17) is 4.74 Å². The molecule has 0 spiro atoms. The molecule has 0 saturated carbocycles. The van der Waals surface area contributed by atoms with Crippen molar-refractivity contribution in [2.45, 2.75) is 25.3 Å². The summed E-state index contributed by atoms with van der Waals surface area (Å²) in [5.74, 6) is 0.751. The van der Waals surface area contributed by atoms with E-state index in [9.17, 15) is 0 Å². The average Bonchev–Trinajstić information content (AvgIpc) is 2.82. The molecule has 2 nitrogen and oxygen atoms in total. The van der Waals surface area contributed by atoms with Crippen LogP contribution in [0.4, 0.5) is 0 Å². The van der Waals surface area contributed by atoms with E-state index >= 15 is 0 Å². The zero-order chi connectivity index (χ0) is 11.2. The van der Waals surface area contributed by atoms with Crippen LogP contribution in [-0.2, 0) is 11.2 Å². The van der Waals surface area contributed by atoms with Gasteiger partial charge in [-0.15, -0.1) is 0 Å². The molecule has 1 N–H and O–H groups in total. The number of hydrogen-bond donors (Lipinski definition) is 1. The molecule has 2 unspecified atom stereocenters. The molecule has 88 valence electrons. The van der Waals surface area contributed by atoms with Crippen LogP contribution in [0.2, 0.25) is 0 Å². The number of benzene rings is 1. The van der Waals surface area contributed by atoms with Gasteiger partial charge >= 0.3 is 0 Å². The molecule has 16 heavy (non-hydrogen) atoms. The predicted molar refractivity (Wildman–Crippen MR) is 66.5 cm³/mol. The monoisotopic (exact) mass is 219 g/mol. The van der Waals surface area contributed by atoms with Crippen molar-refractivity contribution in [3.8, 4) is 0 Å². The maximum absolute atomic E-state index is 5.42. The van der Waals surface area contributed by atoms with Crippen molar-refractivity contribution in [3.63, 3.8) is 0 Å². The maximum Gasteiger partial charge on any atom is 0.0495 e. The normalized spacial score (nSPS) is 22.2. The third-order valence-electron chi connectivity index (χ3n) is 3.38. The fourth-order valence-corrected chi connectivity index (χ4v) is 2.37. The molecule has 0 amide bonds. The second kappa shape index (κ2) is 6.02. The number of nitrogens with one attached hydrogen (secondary N) is 1. The van der Waals surface area contributed by atoms with Crippen LogP contribution in [0.15, 0.2) is 30.3 Å². The molecule has 0 aliphatic carbocycles. The maximum atomic E-state index is 5.42. The lowest BCUT2D eigenvalue weighted by molar-refractivity contribution is 0.181. The summed E-state index contributed by atoms with van der Waals surface area (Å²) in [6, 6.07) is 11.3. The topological polar surface area (TPSA) is 21.3 Å². The van der Waals surface area contributed by atoms with E-state index in [2.05, 4.69) is 42.7 Å². The summed E-state index contributed by atoms with van der Waals surface area (Å²) in [5, 5.41) is 3.42.